The van der Waals surface area contributed by atoms with Gasteiger partial charge in [-0.15, -0.1) is 0 Å². The van der Waals surface area contributed by atoms with Crippen molar-refractivity contribution in [3.05, 3.63) is 59.9 Å². The average molecular weight is 392 g/mol. The third kappa shape index (κ3) is 4.15. The Kier molecular flexibility index (Phi) is 5.86. The molecule has 0 saturated carbocycles. The Morgan fingerprint density at radius 3 is 2.69 bits per heavy atom. The van der Waals surface area contributed by atoms with Gasteiger partial charge in [-0.2, -0.15) is 0 Å². The molecule has 0 spiro atoms. The van der Waals surface area contributed by atoms with E-state index >= 15 is 0 Å². The van der Waals surface area contributed by atoms with Gasteiger partial charge in [0.2, 0.25) is 0 Å². The molecule has 0 amide bonds. The molecule has 2 aromatic carbocycles. The summed E-state index contributed by atoms with van der Waals surface area (Å²) < 4.78 is 6.18. The summed E-state index contributed by atoms with van der Waals surface area (Å²) in [5.74, 6) is 1.31. The number of benzene rings is 2. The predicted octanol–water partition coefficient (Wildman–Crippen LogP) is 5.99. The van der Waals surface area contributed by atoms with Gasteiger partial charge in [0.15, 0.2) is 17.2 Å². The lowest BCUT2D eigenvalue weighted by Gasteiger charge is -2.28. The summed E-state index contributed by atoms with van der Waals surface area (Å²) in [6, 6.07) is 16.3. The SMILES string of the molecule is CCC(C)c1cccc(N=C(NO)c2cc3cccc(N4CCCCC4)c3o2)c1. The molecule has 0 bridgehead atoms. The largest absolute Gasteiger partial charge is 0.451 e. The first-order valence-electron chi connectivity index (χ1n) is 10.6. The molecule has 3 aromatic rings. The van der Waals surface area contributed by atoms with Gasteiger partial charge in [0.05, 0.1) is 11.4 Å². The van der Waals surface area contributed by atoms with Gasteiger partial charge in [0.25, 0.3) is 0 Å². The van der Waals surface area contributed by atoms with Gasteiger partial charge >= 0.3 is 0 Å². The van der Waals surface area contributed by atoms with Crippen molar-refractivity contribution in [2.75, 3.05) is 18.0 Å². The highest BCUT2D eigenvalue weighted by atomic mass is 16.5. The van der Waals surface area contributed by atoms with Crippen LogP contribution in [-0.2, 0) is 0 Å². The molecule has 2 N–H and O–H groups in total. The zero-order valence-corrected chi connectivity index (χ0v) is 17.2. The summed E-state index contributed by atoms with van der Waals surface area (Å²) >= 11 is 0. The number of anilines is 1. The summed E-state index contributed by atoms with van der Waals surface area (Å²) in [4.78, 5) is 7.00. The Hall–Kier alpha value is -2.79. The lowest BCUT2D eigenvalue weighted by atomic mass is 9.98. The quantitative estimate of drug-likeness (QED) is 0.318. The summed E-state index contributed by atoms with van der Waals surface area (Å²) in [5.41, 5.74) is 6.22. The van der Waals surface area contributed by atoms with Crippen LogP contribution in [0.15, 0.2) is 57.9 Å². The molecular weight excluding hydrogens is 362 g/mol. The molecule has 1 atom stereocenters. The van der Waals surface area contributed by atoms with E-state index in [-0.39, 0.29) is 0 Å². The average Bonchev–Trinajstić information content (AvgIpc) is 3.22. The van der Waals surface area contributed by atoms with E-state index < -0.39 is 0 Å². The fourth-order valence-electron chi connectivity index (χ4n) is 3.95. The van der Waals surface area contributed by atoms with E-state index in [1.165, 1.54) is 24.8 Å². The molecule has 1 aromatic heterocycles. The predicted molar refractivity (Wildman–Crippen MR) is 119 cm³/mol. The van der Waals surface area contributed by atoms with Crippen LogP contribution in [0.5, 0.6) is 0 Å². The maximum Gasteiger partial charge on any atom is 0.193 e. The van der Waals surface area contributed by atoms with Gasteiger partial charge < -0.3 is 9.32 Å². The van der Waals surface area contributed by atoms with Crippen molar-refractivity contribution in [2.24, 2.45) is 4.99 Å². The van der Waals surface area contributed by atoms with Crippen LogP contribution in [0.25, 0.3) is 11.0 Å². The number of furan rings is 1. The van der Waals surface area contributed by atoms with Gasteiger partial charge in [-0.1, -0.05) is 38.1 Å². The molecule has 4 rings (SSSR count). The van der Waals surface area contributed by atoms with E-state index in [0.717, 1.165) is 41.9 Å². The Labute approximate surface area is 172 Å². The third-order valence-electron chi connectivity index (χ3n) is 5.85. The van der Waals surface area contributed by atoms with Gasteiger partial charge in [-0.25, -0.2) is 10.5 Å². The van der Waals surface area contributed by atoms with E-state index in [0.29, 0.717) is 17.5 Å². The standard InChI is InChI=1S/C24H29N3O2/c1-3-17(2)18-9-7-11-20(15-18)25-24(26-28)22-16-19-10-8-12-21(23(19)29-22)27-13-5-4-6-14-27/h7-12,15-17,28H,3-6,13-14H2,1-2H3,(H,25,26). The first-order valence-corrected chi connectivity index (χ1v) is 10.6. The van der Waals surface area contributed by atoms with Crippen LogP contribution < -0.4 is 10.4 Å². The molecule has 1 aliphatic heterocycles. The van der Waals surface area contributed by atoms with Crippen LogP contribution in [0.3, 0.4) is 0 Å². The minimum absolute atomic E-state index is 0.312. The number of para-hydroxylation sites is 1. The summed E-state index contributed by atoms with van der Waals surface area (Å²) in [7, 11) is 0. The van der Waals surface area contributed by atoms with Crippen molar-refractivity contribution in [3.63, 3.8) is 0 Å². The van der Waals surface area contributed by atoms with Crippen LogP contribution in [0.4, 0.5) is 11.4 Å². The summed E-state index contributed by atoms with van der Waals surface area (Å²) in [6.07, 6.45) is 4.78. The summed E-state index contributed by atoms with van der Waals surface area (Å²) in [6.45, 7) is 6.48. The molecular formula is C24H29N3O2. The fraction of sp³-hybridized carbons (Fsp3) is 0.375. The first kappa shape index (κ1) is 19.5. The number of rotatable bonds is 5. The van der Waals surface area contributed by atoms with E-state index in [1.807, 2.05) is 24.3 Å². The van der Waals surface area contributed by atoms with Crippen LogP contribution in [0.1, 0.15) is 56.8 Å². The highest BCUT2D eigenvalue weighted by molar-refractivity contribution is 6.02. The van der Waals surface area contributed by atoms with Crippen molar-refractivity contribution < 1.29 is 9.62 Å². The number of piperidine rings is 1. The maximum atomic E-state index is 9.76. The number of nitrogens with one attached hydrogen (secondary N) is 1. The topological polar surface area (TPSA) is 61.0 Å². The molecule has 1 fully saturated rings. The van der Waals surface area contributed by atoms with E-state index in [9.17, 15) is 5.21 Å². The zero-order valence-electron chi connectivity index (χ0n) is 17.2. The third-order valence-corrected chi connectivity index (χ3v) is 5.85. The number of nitrogens with zero attached hydrogens (tertiary/aromatic N) is 2. The molecule has 1 unspecified atom stereocenters. The Bertz CT molecular complexity index is 1000. The van der Waals surface area contributed by atoms with E-state index in [2.05, 4.69) is 53.5 Å². The smallest absolute Gasteiger partial charge is 0.193 e. The van der Waals surface area contributed by atoms with Crippen molar-refractivity contribution in [3.8, 4) is 0 Å². The molecule has 5 heteroatoms. The number of hydroxylamine groups is 1. The normalized spacial score (nSPS) is 16.2. The van der Waals surface area contributed by atoms with Crippen molar-refractivity contribution in [1.29, 1.82) is 0 Å². The highest BCUT2D eigenvalue weighted by Crippen LogP contribution is 2.32. The Morgan fingerprint density at radius 2 is 1.93 bits per heavy atom. The van der Waals surface area contributed by atoms with Gasteiger partial charge in [-0.05, 0) is 61.4 Å². The number of fused-ring (bicyclic) bond motifs is 1. The minimum Gasteiger partial charge on any atom is -0.451 e. The fourth-order valence-corrected chi connectivity index (χ4v) is 3.95. The van der Waals surface area contributed by atoms with Crippen molar-refractivity contribution >= 4 is 28.2 Å². The molecule has 2 heterocycles. The monoisotopic (exact) mass is 391 g/mol. The first-order chi connectivity index (χ1) is 14.2. The second-order valence-corrected chi connectivity index (χ2v) is 7.83. The lowest BCUT2D eigenvalue weighted by Crippen LogP contribution is -2.29. The van der Waals surface area contributed by atoms with Gasteiger partial charge in [0, 0.05) is 18.5 Å². The number of aliphatic imine (C=N–C) groups is 1. The van der Waals surface area contributed by atoms with Crippen molar-refractivity contribution in [2.45, 2.75) is 45.4 Å². The van der Waals surface area contributed by atoms with Crippen LogP contribution in [-0.4, -0.2) is 24.1 Å². The lowest BCUT2D eigenvalue weighted by molar-refractivity contribution is 0.233. The molecule has 5 nitrogen and oxygen atoms in total. The molecule has 0 aliphatic carbocycles. The molecule has 29 heavy (non-hydrogen) atoms. The van der Waals surface area contributed by atoms with Gasteiger partial charge in [-0.3, -0.25) is 5.21 Å². The second-order valence-electron chi connectivity index (χ2n) is 7.83. The highest BCUT2D eigenvalue weighted by Gasteiger charge is 2.18. The van der Waals surface area contributed by atoms with Crippen LogP contribution in [0, 0.1) is 0 Å². The van der Waals surface area contributed by atoms with Crippen LogP contribution >= 0.6 is 0 Å². The van der Waals surface area contributed by atoms with Crippen LogP contribution in [0.2, 0.25) is 0 Å². The van der Waals surface area contributed by atoms with Gasteiger partial charge in [0.1, 0.15) is 0 Å². The Morgan fingerprint density at radius 1 is 1.14 bits per heavy atom. The number of hydrogen-bond acceptors (Lipinski definition) is 4. The Balaban J connectivity index is 1.70. The minimum atomic E-state index is 0.312. The zero-order chi connectivity index (χ0) is 20.2. The summed E-state index contributed by atoms with van der Waals surface area (Å²) in [5, 5.41) is 10.8. The van der Waals surface area contributed by atoms with E-state index in [1.54, 1.807) is 0 Å². The number of hydrogen-bond donors (Lipinski definition) is 2. The van der Waals surface area contributed by atoms with E-state index in [4.69, 9.17) is 4.42 Å². The number of amidine groups is 1. The maximum absolute atomic E-state index is 9.76. The molecule has 1 saturated heterocycles. The molecule has 0 radical (unpaired) electrons. The molecule has 152 valence electrons. The second kappa shape index (κ2) is 8.70. The molecule has 1 aliphatic rings. The van der Waals surface area contributed by atoms with Crippen molar-refractivity contribution in [1.82, 2.24) is 5.48 Å².